The zero-order valence-corrected chi connectivity index (χ0v) is 16.3. The van der Waals surface area contributed by atoms with Gasteiger partial charge in [-0.05, 0) is 42.5 Å². The lowest BCUT2D eigenvalue weighted by Crippen LogP contribution is -2.34. The van der Waals surface area contributed by atoms with Gasteiger partial charge in [-0.2, -0.15) is 5.10 Å². The molecule has 0 unspecified atom stereocenters. The smallest absolute Gasteiger partial charge is 0.205 e. The summed E-state index contributed by atoms with van der Waals surface area (Å²) in [5.41, 5.74) is 3.56. The molecule has 0 amide bonds. The largest absolute Gasteiger partial charge is 0.336 e. The van der Waals surface area contributed by atoms with Crippen molar-refractivity contribution in [2.75, 3.05) is 10.7 Å². The Bertz CT molecular complexity index is 796. The number of Topliss-reactive ketones (excluding diaryl/α,β-unsaturated/α-hetero) is 1. The Balaban J connectivity index is 2.28. The van der Waals surface area contributed by atoms with Gasteiger partial charge in [0.2, 0.25) is 5.78 Å². The molecule has 0 saturated heterocycles. The van der Waals surface area contributed by atoms with Gasteiger partial charge < -0.3 is 5.32 Å². The van der Waals surface area contributed by atoms with E-state index in [0.717, 1.165) is 0 Å². The molecule has 0 saturated carbocycles. The molecule has 2 aromatic carbocycles. The van der Waals surface area contributed by atoms with Crippen LogP contribution in [-0.2, 0) is 4.79 Å². The first-order valence-electron chi connectivity index (χ1n) is 7.53. The summed E-state index contributed by atoms with van der Waals surface area (Å²) in [6, 6.07) is 12.0. The van der Waals surface area contributed by atoms with Crippen molar-refractivity contribution in [3.63, 3.8) is 0 Å². The van der Waals surface area contributed by atoms with Crippen LogP contribution < -0.4 is 10.7 Å². The van der Waals surface area contributed by atoms with Crippen LogP contribution in [0.15, 0.2) is 47.6 Å². The molecular weight excluding hydrogens is 381 g/mol. The summed E-state index contributed by atoms with van der Waals surface area (Å²) in [6.07, 6.45) is 0. The third kappa shape index (κ3) is 5.63. The van der Waals surface area contributed by atoms with E-state index in [0.29, 0.717) is 26.4 Å². The molecule has 2 aromatic rings. The fourth-order valence-corrected chi connectivity index (χ4v) is 2.27. The summed E-state index contributed by atoms with van der Waals surface area (Å²) in [6.45, 7) is 5.48. The number of anilines is 2. The third-order valence-corrected chi connectivity index (χ3v) is 4.21. The number of carbonyl (C=O) groups is 1. The van der Waals surface area contributed by atoms with E-state index in [1.54, 1.807) is 42.5 Å². The number of hydrogen-bond donors (Lipinski definition) is 2. The normalized spacial score (nSPS) is 12.0. The van der Waals surface area contributed by atoms with Crippen LogP contribution in [0.5, 0.6) is 0 Å². The summed E-state index contributed by atoms with van der Waals surface area (Å²) in [7, 11) is 0. The summed E-state index contributed by atoms with van der Waals surface area (Å²) < 4.78 is 0. The van der Waals surface area contributed by atoms with E-state index in [2.05, 4.69) is 15.8 Å². The number of amidine groups is 1. The Morgan fingerprint density at radius 3 is 2.08 bits per heavy atom. The third-order valence-electron chi connectivity index (χ3n) is 3.22. The molecule has 25 heavy (non-hydrogen) atoms. The van der Waals surface area contributed by atoms with E-state index in [4.69, 9.17) is 34.8 Å². The number of carbonyl (C=O) groups excluding carboxylic acids is 1. The molecule has 0 heterocycles. The van der Waals surface area contributed by atoms with Crippen molar-refractivity contribution in [1.29, 1.82) is 0 Å². The standard InChI is InChI=1S/C18H18Cl3N3O/c1-18(2,3)16(25)17(22-12-6-4-11(19)5-7-12)24-23-13-8-9-14(20)15(21)10-13/h4-10,23H,1-3H3,(H,22,24). The van der Waals surface area contributed by atoms with Crippen molar-refractivity contribution in [3.05, 3.63) is 57.5 Å². The van der Waals surface area contributed by atoms with Crippen molar-refractivity contribution in [2.45, 2.75) is 20.8 Å². The van der Waals surface area contributed by atoms with Crippen LogP contribution in [0, 0.1) is 5.41 Å². The van der Waals surface area contributed by atoms with E-state index in [1.165, 1.54) is 0 Å². The van der Waals surface area contributed by atoms with Gasteiger partial charge in [-0.1, -0.05) is 55.6 Å². The van der Waals surface area contributed by atoms with Gasteiger partial charge >= 0.3 is 0 Å². The number of ketones is 1. The average Bonchev–Trinajstić information content (AvgIpc) is 2.55. The Morgan fingerprint density at radius 1 is 0.920 bits per heavy atom. The minimum atomic E-state index is -0.600. The molecule has 0 bridgehead atoms. The quantitative estimate of drug-likeness (QED) is 0.372. The fraction of sp³-hybridized carbons (Fsp3) is 0.222. The lowest BCUT2D eigenvalue weighted by atomic mass is 9.90. The van der Waals surface area contributed by atoms with Gasteiger partial charge in [0.15, 0.2) is 5.84 Å². The van der Waals surface area contributed by atoms with Crippen molar-refractivity contribution in [3.8, 4) is 0 Å². The molecule has 0 spiro atoms. The monoisotopic (exact) mass is 397 g/mol. The Kier molecular flexibility index (Phi) is 6.33. The summed E-state index contributed by atoms with van der Waals surface area (Å²) >= 11 is 17.8. The molecule has 0 atom stereocenters. The minimum Gasteiger partial charge on any atom is -0.336 e. The lowest BCUT2D eigenvalue weighted by molar-refractivity contribution is -0.119. The van der Waals surface area contributed by atoms with E-state index in [1.807, 2.05) is 20.8 Å². The first-order valence-corrected chi connectivity index (χ1v) is 8.66. The predicted octanol–water partition coefficient (Wildman–Crippen LogP) is 6.10. The zero-order valence-electron chi connectivity index (χ0n) is 14.0. The van der Waals surface area contributed by atoms with Crippen LogP contribution in [0.1, 0.15) is 20.8 Å². The van der Waals surface area contributed by atoms with Gasteiger partial charge in [-0.3, -0.25) is 10.2 Å². The second-order valence-electron chi connectivity index (χ2n) is 6.41. The highest BCUT2D eigenvalue weighted by Crippen LogP contribution is 2.25. The molecule has 0 aliphatic carbocycles. The highest BCUT2D eigenvalue weighted by atomic mass is 35.5. The van der Waals surface area contributed by atoms with Gasteiger partial charge in [0.1, 0.15) is 0 Å². The second kappa shape index (κ2) is 8.09. The Morgan fingerprint density at radius 2 is 1.52 bits per heavy atom. The molecule has 2 rings (SSSR count). The highest BCUT2D eigenvalue weighted by Gasteiger charge is 2.27. The number of benzene rings is 2. The van der Waals surface area contributed by atoms with Crippen molar-refractivity contribution in [2.24, 2.45) is 10.5 Å². The van der Waals surface area contributed by atoms with Gasteiger partial charge in [-0.15, -0.1) is 0 Å². The SMILES string of the molecule is CC(C)(C)C(=O)/C(=N\Nc1ccc(Cl)c(Cl)c1)Nc1ccc(Cl)cc1. The van der Waals surface area contributed by atoms with E-state index < -0.39 is 5.41 Å². The molecule has 132 valence electrons. The fourth-order valence-electron chi connectivity index (χ4n) is 1.85. The summed E-state index contributed by atoms with van der Waals surface area (Å²) in [5, 5.41) is 8.71. The number of hydrogen-bond acceptors (Lipinski definition) is 3. The van der Waals surface area contributed by atoms with Crippen LogP contribution in [0.3, 0.4) is 0 Å². The van der Waals surface area contributed by atoms with Gasteiger partial charge in [-0.25, -0.2) is 0 Å². The van der Waals surface area contributed by atoms with Crippen molar-refractivity contribution in [1.82, 2.24) is 0 Å². The summed E-state index contributed by atoms with van der Waals surface area (Å²) in [5.74, 6) is 0.0379. The molecule has 0 fully saturated rings. The second-order valence-corrected chi connectivity index (χ2v) is 7.66. The topological polar surface area (TPSA) is 53.5 Å². The Labute approximate surface area is 162 Å². The van der Waals surface area contributed by atoms with Crippen LogP contribution in [0.4, 0.5) is 11.4 Å². The number of hydrazone groups is 1. The van der Waals surface area contributed by atoms with Gasteiger partial charge in [0.05, 0.1) is 15.7 Å². The molecule has 7 heteroatoms. The minimum absolute atomic E-state index is 0.144. The van der Waals surface area contributed by atoms with Crippen LogP contribution in [-0.4, -0.2) is 11.6 Å². The molecule has 0 aliphatic rings. The number of nitrogens with one attached hydrogen (secondary N) is 2. The zero-order chi connectivity index (χ0) is 18.6. The number of nitrogens with zero attached hydrogens (tertiary/aromatic N) is 1. The van der Waals surface area contributed by atoms with Crippen LogP contribution in [0.2, 0.25) is 15.1 Å². The molecule has 0 radical (unpaired) electrons. The first-order chi connectivity index (χ1) is 11.7. The van der Waals surface area contributed by atoms with Crippen LogP contribution in [0.25, 0.3) is 0 Å². The predicted molar refractivity (Wildman–Crippen MR) is 107 cm³/mol. The molecular formula is C18H18Cl3N3O. The lowest BCUT2D eigenvalue weighted by Gasteiger charge is -2.19. The van der Waals surface area contributed by atoms with Crippen molar-refractivity contribution < 1.29 is 4.79 Å². The maximum Gasteiger partial charge on any atom is 0.205 e. The maximum absolute atomic E-state index is 12.7. The molecule has 0 aliphatic heterocycles. The Hall–Kier alpha value is -1.75. The number of halogens is 3. The first kappa shape index (κ1) is 19.6. The van der Waals surface area contributed by atoms with E-state index in [-0.39, 0.29) is 11.6 Å². The van der Waals surface area contributed by atoms with Gasteiger partial charge in [0, 0.05) is 16.1 Å². The molecule has 2 N–H and O–H groups in total. The average molecular weight is 399 g/mol. The molecule has 4 nitrogen and oxygen atoms in total. The maximum atomic E-state index is 12.7. The van der Waals surface area contributed by atoms with Crippen LogP contribution >= 0.6 is 34.8 Å². The number of rotatable bonds is 4. The summed E-state index contributed by atoms with van der Waals surface area (Å²) in [4.78, 5) is 12.7. The van der Waals surface area contributed by atoms with Gasteiger partial charge in [0.25, 0.3) is 0 Å². The molecule has 0 aromatic heterocycles. The van der Waals surface area contributed by atoms with Crippen molar-refractivity contribution >= 4 is 57.8 Å². The highest BCUT2D eigenvalue weighted by molar-refractivity contribution is 6.45. The van der Waals surface area contributed by atoms with E-state index >= 15 is 0 Å². The van der Waals surface area contributed by atoms with E-state index in [9.17, 15) is 4.79 Å².